The molecule has 0 radical (unpaired) electrons. The average molecular weight is 378 g/mol. The molecule has 1 aromatic rings. The molecule has 5 nitrogen and oxygen atoms in total. The number of hydrogen-bond acceptors (Lipinski definition) is 5. The van der Waals surface area contributed by atoms with Crippen LogP contribution in [0.1, 0.15) is 42.2 Å². The van der Waals surface area contributed by atoms with Crippen LogP contribution >= 0.6 is 22.9 Å². The van der Waals surface area contributed by atoms with Crippen LogP contribution in [0.5, 0.6) is 0 Å². The molecule has 1 aromatic heterocycles. The van der Waals surface area contributed by atoms with Crippen LogP contribution in [0.15, 0.2) is 11.1 Å². The van der Waals surface area contributed by atoms with Crippen molar-refractivity contribution in [2.45, 2.75) is 39.0 Å². The number of carbonyl (C=O) groups excluding carboxylic acids is 2. The zero-order chi connectivity index (χ0) is 18.1. The van der Waals surface area contributed by atoms with E-state index in [1.54, 1.807) is 6.08 Å². The Kier molecular flexibility index (Phi) is 5.16. The van der Waals surface area contributed by atoms with Gasteiger partial charge in [0.25, 0.3) is 0 Å². The van der Waals surface area contributed by atoms with E-state index in [2.05, 4.69) is 18.3 Å². The van der Waals surface area contributed by atoms with Crippen molar-refractivity contribution in [3.05, 3.63) is 27.1 Å². The third-order valence-corrected chi connectivity index (χ3v) is 6.51. The number of rotatable bonds is 3. The van der Waals surface area contributed by atoms with Crippen molar-refractivity contribution in [3.63, 3.8) is 0 Å². The summed E-state index contributed by atoms with van der Waals surface area (Å²) in [5, 5.41) is 24.7. The van der Waals surface area contributed by atoms with Gasteiger partial charge in [-0.25, -0.2) is 0 Å². The van der Waals surface area contributed by atoms with Crippen molar-refractivity contribution in [2.24, 2.45) is 17.8 Å². The van der Waals surface area contributed by atoms with E-state index in [0.29, 0.717) is 21.5 Å². The molecule has 0 aliphatic heterocycles. The van der Waals surface area contributed by atoms with Crippen molar-refractivity contribution < 1.29 is 14.7 Å². The number of anilines is 1. The van der Waals surface area contributed by atoms with Crippen molar-refractivity contribution >= 4 is 39.8 Å². The van der Waals surface area contributed by atoms with Crippen LogP contribution in [-0.2, 0) is 22.4 Å². The number of fused-ring (bicyclic) bond motifs is 1. The monoisotopic (exact) mass is 377 g/mol. The molecule has 7 heteroatoms. The fourth-order valence-electron chi connectivity index (χ4n) is 3.56. The van der Waals surface area contributed by atoms with E-state index in [-0.39, 0.29) is 12.8 Å². The Morgan fingerprint density at radius 1 is 1.40 bits per heavy atom. The molecule has 2 aliphatic rings. The minimum atomic E-state index is -1.25. The molecule has 0 aromatic carbocycles. The second-order valence-electron chi connectivity index (χ2n) is 6.78. The molecular weight excluding hydrogens is 360 g/mol. The van der Waals surface area contributed by atoms with Gasteiger partial charge in [-0.05, 0) is 43.6 Å². The summed E-state index contributed by atoms with van der Waals surface area (Å²) in [6.07, 6.45) is 4.80. The summed E-state index contributed by atoms with van der Waals surface area (Å²) in [6.45, 7) is 2.15. The molecule has 0 saturated carbocycles. The standard InChI is InChI=1S/C18H19ClN2O3S/c1-9-2-5-15-12(6-9)14(8-20)17(25-15)21-16(22)13-7-10(19)3-4-11(13)18(23)24/h3,9,11,13H,2,4-7H2,1H3,(H,21,22)(H,23,24)/p-1/t9-,11-,13-/m0/s1. The Bertz CT molecular complexity index is 793. The number of nitriles is 1. The van der Waals surface area contributed by atoms with Crippen LogP contribution in [0.3, 0.4) is 0 Å². The van der Waals surface area contributed by atoms with Crippen LogP contribution in [-0.4, -0.2) is 11.9 Å². The molecule has 3 rings (SSSR count). The molecule has 2 aliphatic carbocycles. The fourth-order valence-corrected chi connectivity index (χ4v) is 5.01. The number of nitrogens with zero attached hydrogens (tertiary/aromatic N) is 1. The summed E-state index contributed by atoms with van der Waals surface area (Å²) in [5.41, 5.74) is 1.54. The Morgan fingerprint density at radius 2 is 2.16 bits per heavy atom. The predicted molar refractivity (Wildman–Crippen MR) is 94.0 cm³/mol. The van der Waals surface area contributed by atoms with E-state index in [1.807, 2.05) is 0 Å². The first-order chi connectivity index (χ1) is 11.9. The molecule has 132 valence electrons. The fraction of sp³-hybridized carbons (Fsp3) is 0.500. The van der Waals surface area contributed by atoms with Crippen LogP contribution in [0.4, 0.5) is 5.00 Å². The Labute approximate surface area is 155 Å². The second-order valence-corrected chi connectivity index (χ2v) is 8.37. The summed E-state index contributed by atoms with van der Waals surface area (Å²) in [5.74, 6) is -2.83. The first-order valence-electron chi connectivity index (χ1n) is 8.31. The maximum absolute atomic E-state index is 12.7. The molecule has 0 unspecified atom stereocenters. The number of hydrogen-bond donors (Lipinski definition) is 1. The van der Waals surface area contributed by atoms with Crippen LogP contribution in [0.25, 0.3) is 0 Å². The van der Waals surface area contributed by atoms with Gasteiger partial charge in [0.1, 0.15) is 11.1 Å². The highest BCUT2D eigenvalue weighted by molar-refractivity contribution is 7.16. The highest BCUT2D eigenvalue weighted by atomic mass is 35.5. The zero-order valence-electron chi connectivity index (χ0n) is 13.8. The molecule has 1 N–H and O–H groups in total. The molecule has 1 amide bonds. The third kappa shape index (κ3) is 3.58. The number of carbonyl (C=O) groups is 2. The quantitative estimate of drug-likeness (QED) is 0.876. The number of amides is 1. The lowest BCUT2D eigenvalue weighted by Gasteiger charge is -2.29. The molecule has 1 heterocycles. The Balaban J connectivity index is 1.85. The number of carboxylic acids is 1. The van der Waals surface area contributed by atoms with Gasteiger partial charge in [0, 0.05) is 21.8 Å². The number of nitrogens with one attached hydrogen (secondary N) is 1. The van der Waals surface area contributed by atoms with Gasteiger partial charge in [0.2, 0.25) is 5.91 Å². The van der Waals surface area contributed by atoms with Crippen molar-refractivity contribution in [1.82, 2.24) is 0 Å². The lowest BCUT2D eigenvalue weighted by molar-refractivity contribution is -0.313. The van der Waals surface area contributed by atoms with Gasteiger partial charge >= 0.3 is 0 Å². The zero-order valence-corrected chi connectivity index (χ0v) is 15.4. The topological polar surface area (TPSA) is 93.0 Å². The minimum Gasteiger partial charge on any atom is -0.550 e. The maximum Gasteiger partial charge on any atom is 0.229 e. The summed E-state index contributed by atoms with van der Waals surface area (Å²) in [6, 6.07) is 2.20. The predicted octanol–water partition coefficient (Wildman–Crippen LogP) is 2.58. The lowest BCUT2D eigenvalue weighted by atomic mass is 9.82. The summed E-state index contributed by atoms with van der Waals surface area (Å²) in [4.78, 5) is 25.2. The van der Waals surface area contributed by atoms with E-state index in [9.17, 15) is 20.0 Å². The first-order valence-corrected chi connectivity index (χ1v) is 9.51. The normalized spacial score (nSPS) is 25.5. The van der Waals surface area contributed by atoms with Gasteiger partial charge in [0.05, 0.1) is 11.5 Å². The number of allylic oxidation sites excluding steroid dienone is 2. The van der Waals surface area contributed by atoms with Crippen molar-refractivity contribution in [3.8, 4) is 6.07 Å². The molecule has 0 bridgehead atoms. The molecule has 3 atom stereocenters. The van der Waals surface area contributed by atoms with Crippen LogP contribution < -0.4 is 10.4 Å². The third-order valence-electron chi connectivity index (χ3n) is 4.99. The number of halogens is 1. The lowest BCUT2D eigenvalue weighted by Crippen LogP contribution is -2.42. The molecular formula is C18H18ClN2O3S-. The van der Waals surface area contributed by atoms with Gasteiger partial charge in [-0.2, -0.15) is 5.26 Å². The highest BCUT2D eigenvalue weighted by Crippen LogP contribution is 2.40. The minimum absolute atomic E-state index is 0.177. The van der Waals surface area contributed by atoms with Crippen LogP contribution in [0, 0.1) is 29.1 Å². The van der Waals surface area contributed by atoms with E-state index in [0.717, 1.165) is 29.7 Å². The van der Waals surface area contributed by atoms with Gasteiger partial charge in [-0.3, -0.25) is 4.79 Å². The second kappa shape index (κ2) is 7.19. The van der Waals surface area contributed by atoms with E-state index >= 15 is 0 Å². The maximum atomic E-state index is 12.7. The smallest absolute Gasteiger partial charge is 0.229 e. The number of thiophene rings is 1. The van der Waals surface area contributed by atoms with Gasteiger partial charge in [-0.15, -0.1) is 11.3 Å². The Hall–Kier alpha value is -1.84. The molecule has 25 heavy (non-hydrogen) atoms. The number of aryl methyl sites for hydroxylation is 1. The van der Waals surface area contributed by atoms with Gasteiger partial charge < -0.3 is 15.2 Å². The van der Waals surface area contributed by atoms with Gasteiger partial charge in [0.15, 0.2) is 0 Å². The molecule has 0 spiro atoms. The Morgan fingerprint density at radius 3 is 2.84 bits per heavy atom. The average Bonchev–Trinajstić information content (AvgIpc) is 2.90. The largest absolute Gasteiger partial charge is 0.550 e. The van der Waals surface area contributed by atoms with Crippen LogP contribution in [0.2, 0.25) is 0 Å². The van der Waals surface area contributed by atoms with Crippen molar-refractivity contribution in [1.29, 1.82) is 5.26 Å². The first kappa shape index (κ1) is 18.0. The van der Waals surface area contributed by atoms with E-state index in [4.69, 9.17) is 11.6 Å². The summed E-state index contributed by atoms with van der Waals surface area (Å²) in [7, 11) is 0. The summed E-state index contributed by atoms with van der Waals surface area (Å²) < 4.78 is 0. The number of aliphatic carboxylic acids is 1. The summed E-state index contributed by atoms with van der Waals surface area (Å²) >= 11 is 7.43. The SMILES string of the molecule is C[C@H]1CCc2sc(NC(=O)[C@H]3CC(Cl)=CC[C@@H]3C(=O)[O-])c(C#N)c2C1. The van der Waals surface area contributed by atoms with Gasteiger partial charge in [-0.1, -0.05) is 24.6 Å². The van der Waals surface area contributed by atoms with E-state index in [1.165, 1.54) is 11.3 Å². The van der Waals surface area contributed by atoms with E-state index < -0.39 is 23.7 Å². The number of carboxylic acid groups (broad SMARTS) is 1. The molecule has 0 fully saturated rings. The van der Waals surface area contributed by atoms with Crippen molar-refractivity contribution in [2.75, 3.05) is 5.32 Å². The highest BCUT2D eigenvalue weighted by Gasteiger charge is 2.33. The molecule has 0 saturated heterocycles.